The van der Waals surface area contributed by atoms with Crippen LogP contribution in [0.3, 0.4) is 0 Å². The first-order valence-electron chi connectivity index (χ1n) is 8.32. The molecule has 0 radical (unpaired) electrons. The van der Waals surface area contributed by atoms with Crippen LogP contribution in [0.5, 0.6) is 5.75 Å². The number of anilines is 1. The average molecular weight is 411 g/mol. The van der Waals surface area contributed by atoms with Gasteiger partial charge in [-0.1, -0.05) is 35.3 Å². The minimum absolute atomic E-state index is 0.116. The fourth-order valence-electron chi connectivity index (χ4n) is 2.91. The van der Waals surface area contributed by atoms with Gasteiger partial charge in [-0.05, 0) is 30.3 Å². The highest BCUT2D eigenvalue weighted by Crippen LogP contribution is 2.31. The van der Waals surface area contributed by atoms with Gasteiger partial charge in [-0.2, -0.15) is 0 Å². The van der Waals surface area contributed by atoms with Crippen molar-refractivity contribution in [1.29, 1.82) is 0 Å². The second-order valence-electron chi connectivity index (χ2n) is 5.90. The van der Waals surface area contributed by atoms with E-state index in [1.165, 1.54) is 11.8 Å². The van der Waals surface area contributed by atoms with Crippen LogP contribution in [-0.4, -0.2) is 49.8 Å². The Kier molecular flexibility index (Phi) is 6.57. The molecule has 3 rings (SSSR count). The number of rotatable bonds is 5. The minimum Gasteiger partial charge on any atom is -0.495 e. The Hall–Kier alpha value is -1.56. The zero-order valence-corrected chi connectivity index (χ0v) is 16.8. The molecule has 0 aliphatic carbocycles. The number of carbonyl (C=O) groups is 1. The molecule has 0 unspecified atom stereocenters. The topological polar surface area (TPSA) is 32.8 Å². The number of piperazine rings is 1. The van der Waals surface area contributed by atoms with Crippen LogP contribution in [0.4, 0.5) is 5.69 Å². The second-order valence-corrected chi connectivity index (χ2v) is 7.76. The molecule has 1 aliphatic heterocycles. The van der Waals surface area contributed by atoms with E-state index in [1.807, 2.05) is 29.2 Å². The number of ether oxygens (including phenoxy) is 1. The summed E-state index contributed by atoms with van der Waals surface area (Å²) in [4.78, 5) is 17.5. The van der Waals surface area contributed by atoms with Crippen LogP contribution in [0, 0.1) is 0 Å². The lowest BCUT2D eigenvalue weighted by Crippen LogP contribution is -2.49. The van der Waals surface area contributed by atoms with Crippen molar-refractivity contribution in [2.75, 3.05) is 43.9 Å². The molecule has 2 aromatic rings. The molecule has 1 heterocycles. The van der Waals surface area contributed by atoms with Crippen molar-refractivity contribution in [2.45, 2.75) is 4.90 Å². The summed E-state index contributed by atoms with van der Waals surface area (Å²) in [5.41, 5.74) is 1.07. The molecule has 0 spiro atoms. The van der Waals surface area contributed by atoms with Gasteiger partial charge in [0.15, 0.2) is 0 Å². The Bertz CT molecular complexity index is 780. The van der Waals surface area contributed by atoms with Gasteiger partial charge >= 0.3 is 0 Å². The SMILES string of the molecule is COc1ccccc1N1CCN(C(=O)CSc2cc(Cl)ccc2Cl)CC1. The van der Waals surface area contributed by atoms with Gasteiger partial charge in [0.25, 0.3) is 0 Å². The molecule has 0 N–H and O–H groups in total. The molecular formula is C19H20Cl2N2O2S. The van der Waals surface area contributed by atoms with Crippen LogP contribution in [0.25, 0.3) is 0 Å². The van der Waals surface area contributed by atoms with Gasteiger partial charge in [0, 0.05) is 36.1 Å². The van der Waals surface area contributed by atoms with Gasteiger partial charge in [-0.15, -0.1) is 11.8 Å². The quantitative estimate of drug-likeness (QED) is 0.681. The maximum absolute atomic E-state index is 12.5. The number of para-hydroxylation sites is 2. The first kappa shape index (κ1) is 19.2. The van der Waals surface area contributed by atoms with Crippen LogP contribution in [0.15, 0.2) is 47.4 Å². The normalized spacial score (nSPS) is 14.4. The van der Waals surface area contributed by atoms with E-state index in [2.05, 4.69) is 4.90 Å². The highest BCUT2D eigenvalue weighted by atomic mass is 35.5. The third kappa shape index (κ3) is 4.58. The molecule has 0 atom stereocenters. The van der Waals surface area contributed by atoms with Crippen LogP contribution < -0.4 is 9.64 Å². The van der Waals surface area contributed by atoms with Crippen molar-refractivity contribution in [2.24, 2.45) is 0 Å². The smallest absolute Gasteiger partial charge is 0.233 e. The maximum Gasteiger partial charge on any atom is 0.233 e. The Labute approximate surface area is 168 Å². The van der Waals surface area contributed by atoms with E-state index < -0.39 is 0 Å². The first-order valence-corrected chi connectivity index (χ1v) is 10.1. The van der Waals surface area contributed by atoms with E-state index in [1.54, 1.807) is 25.3 Å². The van der Waals surface area contributed by atoms with Crippen molar-refractivity contribution in [3.8, 4) is 5.75 Å². The van der Waals surface area contributed by atoms with Gasteiger partial charge in [0.05, 0.1) is 23.6 Å². The zero-order valence-electron chi connectivity index (χ0n) is 14.5. The number of halogens is 2. The highest BCUT2D eigenvalue weighted by molar-refractivity contribution is 8.00. The third-order valence-corrected chi connectivity index (χ3v) is 6.02. The molecule has 2 aromatic carbocycles. The summed E-state index contributed by atoms with van der Waals surface area (Å²) < 4.78 is 5.43. The van der Waals surface area contributed by atoms with Crippen molar-refractivity contribution < 1.29 is 9.53 Å². The number of nitrogens with zero attached hydrogens (tertiary/aromatic N) is 2. The zero-order chi connectivity index (χ0) is 18.5. The van der Waals surface area contributed by atoms with Crippen LogP contribution >= 0.6 is 35.0 Å². The molecule has 1 amide bonds. The molecule has 7 heteroatoms. The first-order chi connectivity index (χ1) is 12.6. The lowest BCUT2D eigenvalue weighted by atomic mass is 10.2. The fraction of sp³-hybridized carbons (Fsp3) is 0.316. The largest absolute Gasteiger partial charge is 0.495 e. The summed E-state index contributed by atoms with van der Waals surface area (Å²) >= 11 is 13.6. The number of methoxy groups -OCH3 is 1. The molecule has 26 heavy (non-hydrogen) atoms. The van der Waals surface area contributed by atoms with Gasteiger partial charge in [0.1, 0.15) is 5.75 Å². The molecule has 138 valence electrons. The summed E-state index contributed by atoms with van der Waals surface area (Å²) in [6.07, 6.45) is 0. The molecule has 1 aliphatic rings. The molecule has 0 saturated carbocycles. The molecule has 0 bridgehead atoms. The van der Waals surface area contributed by atoms with Crippen molar-refractivity contribution in [1.82, 2.24) is 4.90 Å². The maximum atomic E-state index is 12.5. The van der Waals surface area contributed by atoms with E-state index >= 15 is 0 Å². The number of benzene rings is 2. The van der Waals surface area contributed by atoms with E-state index in [4.69, 9.17) is 27.9 Å². The monoisotopic (exact) mass is 410 g/mol. The molecule has 1 saturated heterocycles. The Morgan fingerprint density at radius 1 is 1.12 bits per heavy atom. The average Bonchev–Trinajstić information content (AvgIpc) is 2.68. The van der Waals surface area contributed by atoms with E-state index in [0.29, 0.717) is 28.9 Å². The summed E-state index contributed by atoms with van der Waals surface area (Å²) in [5, 5.41) is 1.24. The summed E-state index contributed by atoms with van der Waals surface area (Å²) in [5.74, 6) is 1.33. The number of carbonyl (C=O) groups excluding carboxylic acids is 1. The lowest BCUT2D eigenvalue weighted by molar-refractivity contribution is -0.128. The highest BCUT2D eigenvalue weighted by Gasteiger charge is 2.23. The lowest BCUT2D eigenvalue weighted by Gasteiger charge is -2.36. The number of amides is 1. The number of hydrogen-bond acceptors (Lipinski definition) is 4. The van der Waals surface area contributed by atoms with E-state index in [9.17, 15) is 4.79 Å². The summed E-state index contributed by atoms with van der Waals surface area (Å²) in [6.45, 7) is 2.96. The predicted molar refractivity (Wildman–Crippen MR) is 109 cm³/mol. The van der Waals surface area contributed by atoms with Gasteiger partial charge in [0.2, 0.25) is 5.91 Å². The fourth-order valence-corrected chi connectivity index (χ4v) is 4.30. The van der Waals surface area contributed by atoms with Crippen LogP contribution in [0.2, 0.25) is 10.0 Å². The molecule has 0 aromatic heterocycles. The molecular weight excluding hydrogens is 391 g/mol. The standard InChI is InChI=1S/C19H20Cl2N2O2S/c1-25-17-5-3-2-4-16(17)22-8-10-23(11-9-22)19(24)13-26-18-12-14(20)6-7-15(18)21/h2-7,12H,8-11,13H2,1H3. The Balaban J connectivity index is 1.54. The minimum atomic E-state index is 0.116. The molecule has 1 fully saturated rings. The molecule has 4 nitrogen and oxygen atoms in total. The van der Waals surface area contributed by atoms with Gasteiger partial charge in [-0.3, -0.25) is 4.79 Å². The van der Waals surface area contributed by atoms with Crippen LogP contribution in [-0.2, 0) is 4.79 Å². The Morgan fingerprint density at radius 2 is 1.85 bits per heavy atom. The van der Waals surface area contributed by atoms with Crippen LogP contribution in [0.1, 0.15) is 0 Å². The van der Waals surface area contributed by atoms with Crippen molar-refractivity contribution >= 4 is 46.6 Å². The third-order valence-electron chi connectivity index (χ3n) is 4.30. The van der Waals surface area contributed by atoms with E-state index in [0.717, 1.165) is 29.4 Å². The summed E-state index contributed by atoms with van der Waals surface area (Å²) in [7, 11) is 1.68. The Morgan fingerprint density at radius 3 is 2.58 bits per heavy atom. The number of hydrogen-bond donors (Lipinski definition) is 0. The van der Waals surface area contributed by atoms with Crippen molar-refractivity contribution in [3.05, 3.63) is 52.5 Å². The van der Waals surface area contributed by atoms with Gasteiger partial charge in [-0.25, -0.2) is 0 Å². The second kappa shape index (κ2) is 8.89. The van der Waals surface area contributed by atoms with Crippen molar-refractivity contribution in [3.63, 3.8) is 0 Å². The summed E-state index contributed by atoms with van der Waals surface area (Å²) in [6, 6.07) is 13.3. The van der Waals surface area contributed by atoms with Gasteiger partial charge < -0.3 is 14.5 Å². The predicted octanol–water partition coefficient (Wildman–Crippen LogP) is 4.44. The number of thioether (sulfide) groups is 1. The van der Waals surface area contributed by atoms with E-state index in [-0.39, 0.29) is 5.91 Å².